The first-order valence-electron chi connectivity index (χ1n) is 6.99. The summed E-state index contributed by atoms with van der Waals surface area (Å²) in [6.07, 6.45) is 0.715. The van der Waals surface area contributed by atoms with Gasteiger partial charge >= 0.3 is 0 Å². The van der Waals surface area contributed by atoms with Crippen LogP contribution in [0.5, 0.6) is 5.75 Å². The van der Waals surface area contributed by atoms with Crippen LogP contribution < -0.4 is 4.74 Å². The smallest absolute Gasteiger partial charge is 0.119 e. The fraction of sp³-hybridized carbons (Fsp3) is 0.529. The van der Waals surface area contributed by atoms with E-state index in [1.165, 1.54) is 0 Å². The molecule has 2 nitrogen and oxygen atoms in total. The molecule has 0 saturated heterocycles. The van der Waals surface area contributed by atoms with E-state index in [-0.39, 0.29) is 0 Å². The Morgan fingerprint density at radius 3 is 2.70 bits per heavy atom. The van der Waals surface area contributed by atoms with Crippen molar-refractivity contribution in [2.45, 2.75) is 27.2 Å². The molecule has 0 N–H and O–H groups in total. The summed E-state index contributed by atoms with van der Waals surface area (Å²) in [5, 5.41) is 0. The summed E-state index contributed by atoms with van der Waals surface area (Å²) in [6.45, 7) is 8.27. The van der Waals surface area contributed by atoms with E-state index in [9.17, 15) is 0 Å². The highest BCUT2D eigenvalue weighted by atomic mass is 35.5. The normalized spacial score (nSPS) is 10.2. The first-order valence-corrected chi connectivity index (χ1v) is 7.53. The van der Waals surface area contributed by atoms with E-state index < -0.39 is 0 Å². The summed E-state index contributed by atoms with van der Waals surface area (Å²) in [6, 6.07) is 5.94. The maximum absolute atomic E-state index is 5.65. The van der Waals surface area contributed by atoms with Crippen molar-refractivity contribution < 1.29 is 9.47 Å². The van der Waals surface area contributed by atoms with Crippen LogP contribution in [-0.2, 0) is 4.74 Å². The third kappa shape index (κ3) is 6.84. The van der Waals surface area contributed by atoms with Crippen LogP contribution in [0.1, 0.15) is 31.4 Å². The van der Waals surface area contributed by atoms with E-state index in [1.54, 1.807) is 0 Å². The molecule has 0 saturated carbocycles. The Bertz CT molecular complexity index is 458. The van der Waals surface area contributed by atoms with Gasteiger partial charge in [-0.3, -0.25) is 0 Å². The van der Waals surface area contributed by atoms with E-state index in [4.69, 9.17) is 21.1 Å². The Morgan fingerprint density at radius 1 is 1.25 bits per heavy atom. The fourth-order valence-electron chi connectivity index (χ4n) is 1.61. The molecule has 0 atom stereocenters. The largest absolute Gasteiger partial charge is 0.491 e. The Morgan fingerprint density at radius 2 is 2.05 bits per heavy atom. The monoisotopic (exact) mass is 294 g/mol. The van der Waals surface area contributed by atoms with Gasteiger partial charge in [-0.2, -0.15) is 0 Å². The topological polar surface area (TPSA) is 18.5 Å². The molecule has 1 aromatic rings. The van der Waals surface area contributed by atoms with Crippen LogP contribution in [0, 0.1) is 24.7 Å². The highest BCUT2D eigenvalue weighted by Crippen LogP contribution is 2.16. The van der Waals surface area contributed by atoms with Crippen molar-refractivity contribution in [3.63, 3.8) is 0 Å². The minimum absolute atomic E-state index is 0.558. The molecule has 0 amide bonds. The zero-order valence-corrected chi connectivity index (χ0v) is 13.3. The second-order valence-electron chi connectivity index (χ2n) is 5.03. The second kappa shape index (κ2) is 9.69. The highest BCUT2D eigenvalue weighted by Gasteiger charge is 1.99. The van der Waals surface area contributed by atoms with Crippen LogP contribution >= 0.6 is 11.6 Å². The molecule has 20 heavy (non-hydrogen) atoms. The van der Waals surface area contributed by atoms with E-state index >= 15 is 0 Å². The van der Waals surface area contributed by atoms with Gasteiger partial charge in [-0.25, -0.2) is 0 Å². The molecule has 0 unspecified atom stereocenters. The quantitative estimate of drug-likeness (QED) is 0.429. The Labute approximate surface area is 127 Å². The van der Waals surface area contributed by atoms with Crippen molar-refractivity contribution in [2.24, 2.45) is 5.92 Å². The van der Waals surface area contributed by atoms with Crippen molar-refractivity contribution >= 4 is 11.6 Å². The molecule has 0 heterocycles. The Hall–Kier alpha value is -1.17. The SMILES string of the molecule is Cc1cc(OCCOCC(C)C)ccc1C#CCCCl. The summed E-state index contributed by atoms with van der Waals surface area (Å²) in [4.78, 5) is 0. The van der Waals surface area contributed by atoms with Gasteiger partial charge in [-0.15, -0.1) is 11.6 Å². The van der Waals surface area contributed by atoms with Crippen LogP contribution in [0.25, 0.3) is 0 Å². The Balaban J connectivity index is 2.41. The van der Waals surface area contributed by atoms with Gasteiger partial charge in [0.25, 0.3) is 0 Å². The summed E-state index contributed by atoms with van der Waals surface area (Å²) >= 11 is 5.60. The van der Waals surface area contributed by atoms with Crippen molar-refractivity contribution in [1.82, 2.24) is 0 Å². The standard InChI is InChI=1S/C17H23ClO2/c1-14(2)13-19-10-11-20-17-8-7-16(15(3)12-17)6-4-5-9-18/h7-8,12,14H,5,9-11,13H2,1-3H3. The molecule has 1 rings (SSSR count). The van der Waals surface area contributed by atoms with Crippen LogP contribution in [0.2, 0.25) is 0 Å². The molecular weight excluding hydrogens is 272 g/mol. The van der Waals surface area contributed by atoms with Crippen LogP contribution in [0.15, 0.2) is 18.2 Å². The van der Waals surface area contributed by atoms with Gasteiger partial charge in [-0.1, -0.05) is 25.7 Å². The molecule has 0 aromatic heterocycles. The predicted molar refractivity (Wildman–Crippen MR) is 84.5 cm³/mol. The van der Waals surface area contributed by atoms with Gasteiger partial charge in [-0.05, 0) is 36.6 Å². The summed E-state index contributed by atoms with van der Waals surface area (Å²) < 4.78 is 11.1. The van der Waals surface area contributed by atoms with Crippen LogP contribution in [-0.4, -0.2) is 25.7 Å². The van der Waals surface area contributed by atoms with Gasteiger partial charge in [0.2, 0.25) is 0 Å². The van der Waals surface area contributed by atoms with Crippen molar-refractivity contribution in [3.05, 3.63) is 29.3 Å². The number of hydrogen-bond acceptors (Lipinski definition) is 2. The third-order valence-electron chi connectivity index (χ3n) is 2.59. The van der Waals surface area contributed by atoms with Gasteiger partial charge in [0.15, 0.2) is 0 Å². The second-order valence-corrected chi connectivity index (χ2v) is 5.41. The van der Waals surface area contributed by atoms with Crippen LogP contribution in [0.4, 0.5) is 0 Å². The Kier molecular flexibility index (Phi) is 8.18. The molecule has 0 aliphatic heterocycles. The maximum atomic E-state index is 5.65. The molecular formula is C17H23ClO2. The summed E-state index contributed by atoms with van der Waals surface area (Å²) in [7, 11) is 0. The predicted octanol–water partition coefficient (Wildman–Crippen LogP) is 4.03. The fourth-order valence-corrected chi connectivity index (χ4v) is 1.70. The first kappa shape index (κ1) is 16.9. The number of benzene rings is 1. The van der Waals surface area contributed by atoms with Gasteiger partial charge < -0.3 is 9.47 Å². The average Bonchev–Trinajstić information content (AvgIpc) is 2.40. The van der Waals surface area contributed by atoms with E-state index in [0.717, 1.165) is 23.5 Å². The van der Waals surface area contributed by atoms with Gasteiger partial charge in [0.1, 0.15) is 12.4 Å². The first-order chi connectivity index (χ1) is 9.63. The van der Waals surface area contributed by atoms with Crippen molar-refractivity contribution in [2.75, 3.05) is 25.7 Å². The summed E-state index contributed by atoms with van der Waals surface area (Å²) in [5.74, 6) is 8.15. The average molecular weight is 295 g/mol. The lowest BCUT2D eigenvalue weighted by Crippen LogP contribution is -2.10. The molecule has 0 bridgehead atoms. The minimum Gasteiger partial charge on any atom is -0.491 e. The highest BCUT2D eigenvalue weighted by molar-refractivity contribution is 6.18. The van der Waals surface area contributed by atoms with Crippen LogP contribution in [0.3, 0.4) is 0 Å². The minimum atomic E-state index is 0.558. The lowest BCUT2D eigenvalue weighted by Gasteiger charge is -2.09. The number of ether oxygens (including phenoxy) is 2. The zero-order chi connectivity index (χ0) is 14.8. The molecule has 0 fully saturated rings. The van der Waals surface area contributed by atoms with Crippen molar-refractivity contribution in [1.29, 1.82) is 0 Å². The number of halogens is 1. The van der Waals surface area contributed by atoms with E-state index in [0.29, 0.717) is 31.4 Å². The summed E-state index contributed by atoms with van der Waals surface area (Å²) in [5.41, 5.74) is 2.14. The lowest BCUT2D eigenvalue weighted by atomic mass is 10.1. The number of aryl methyl sites for hydroxylation is 1. The molecule has 110 valence electrons. The van der Waals surface area contributed by atoms with Gasteiger partial charge in [0, 0.05) is 24.5 Å². The van der Waals surface area contributed by atoms with Crippen molar-refractivity contribution in [3.8, 4) is 17.6 Å². The van der Waals surface area contributed by atoms with E-state index in [2.05, 4.69) is 25.7 Å². The molecule has 0 aliphatic carbocycles. The molecule has 0 spiro atoms. The third-order valence-corrected chi connectivity index (χ3v) is 2.78. The molecule has 3 heteroatoms. The number of rotatable bonds is 7. The maximum Gasteiger partial charge on any atom is 0.119 e. The molecule has 0 radical (unpaired) electrons. The number of alkyl halides is 1. The lowest BCUT2D eigenvalue weighted by molar-refractivity contribution is 0.0819. The molecule has 0 aliphatic rings. The zero-order valence-electron chi connectivity index (χ0n) is 12.5. The van der Waals surface area contributed by atoms with E-state index in [1.807, 2.05) is 25.1 Å². The molecule has 1 aromatic carbocycles. The van der Waals surface area contributed by atoms with Gasteiger partial charge in [0.05, 0.1) is 6.61 Å². The number of hydrogen-bond donors (Lipinski definition) is 0.